The van der Waals surface area contributed by atoms with Crippen molar-refractivity contribution in [3.8, 4) is 0 Å². The highest BCUT2D eigenvalue weighted by molar-refractivity contribution is 5.87. The van der Waals surface area contributed by atoms with Crippen molar-refractivity contribution in [3.05, 3.63) is 23.7 Å². The fraction of sp³-hybridized carbons (Fsp3) is 0.667. The molecule has 0 saturated heterocycles. The molecule has 2 rings (SSSR count). The SMILES string of the molecule is CCC1CCC(O)(CNCc2cc(C(=O)O)co2)CC1. The highest BCUT2D eigenvalue weighted by Gasteiger charge is 2.32. The molecule has 0 atom stereocenters. The van der Waals surface area contributed by atoms with Crippen LogP contribution in [0.4, 0.5) is 0 Å². The Morgan fingerprint density at radius 3 is 2.75 bits per heavy atom. The molecular weight excluding hydrogens is 258 g/mol. The van der Waals surface area contributed by atoms with E-state index in [0.717, 1.165) is 31.6 Å². The third-order valence-corrected chi connectivity index (χ3v) is 4.27. The molecule has 3 N–H and O–H groups in total. The summed E-state index contributed by atoms with van der Waals surface area (Å²) in [5.41, 5.74) is -0.475. The maximum absolute atomic E-state index is 10.7. The lowest BCUT2D eigenvalue weighted by Gasteiger charge is -2.35. The minimum atomic E-state index is -0.989. The molecule has 0 unspecified atom stereocenters. The van der Waals surface area contributed by atoms with Crippen LogP contribution in [0.25, 0.3) is 0 Å². The van der Waals surface area contributed by atoms with Gasteiger partial charge in [0.25, 0.3) is 0 Å². The predicted molar refractivity (Wildman–Crippen MR) is 74.6 cm³/mol. The van der Waals surface area contributed by atoms with Crippen LogP contribution < -0.4 is 5.32 Å². The second-order valence-corrected chi connectivity index (χ2v) is 5.79. The number of carboxylic acid groups (broad SMARTS) is 1. The van der Waals surface area contributed by atoms with Gasteiger partial charge in [-0.15, -0.1) is 0 Å². The fourth-order valence-corrected chi connectivity index (χ4v) is 2.80. The van der Waals surface area contributed by atoms with E-state index in [1.165, 1.54) is 18.8 Å². The number of hydrogen-bond donors (Lipinski definition) is 3. The Morgan fingerprint density at radius 1 is 1.50 bits per heavy atom. The summed E-state index contributed by atoms with van der Waals surface area (Å²) < 4.78 is 5.16. The van der Waals surface area contributed by atoms with Crippen molar-refractivity contribution in [1.29, 1.82) is 0 Å². The molecule has 5 nitrogen and oxygen atoms in total. The Balaban J connectivity index is 1.76. The molecule has 5 heteroatoms. The van der Waals surface area contributed by atoms with Crippen LogP contribution in [0.3, 0.4) is 0 Å². The van der Waals surface area contributed by atoms with E-state index < -0.39 is 11.6 Å². The van der Waals surface area contributed by atoms with Crippen molar-refractivity contribution in [2.45, 2.75) is 51.2 Å². The van der Waals surface area contributed by atoms with Gasteiger partial charge < -0.3 is 19.9 Å². The minimum absolute atomic E-state index is 0.156. The molecule has 0 amide bonds. The van der Waals surface area contributed by atoms with E-state index in [2.05, 4.69) is 12.2 Å². The molecule has 1 aromatic heterocycles. The zero-order chi connectivity index (χ0) is 14.6. The molecule has 112 valence electrons. The van der Waals surface area contributed by atoms with E-state index in [4.69, 9.17) is 9.52 Å². The van der Waals surface area contributed by atoms with E-state index in [9.17, 15) is 9.90 Å². The van der Waals surface area contributed by atoms with Crippen LogP contribution in [0.15, 0.2) is 16.7 Å². The summed E-state index contributed by atoms with van der Waals surface area (Å²) in [6.45, 7) is 3.16. The first-order chi connectivity index (χ1) is 9.52. The van der Waals surface area contributed by atoms with Crippen LogP contribution in [0.5, 0.6) is 0 Å². The molecule has 0 radical (unpaired) electrons. The summed E-state index contributed by atoms with van der Waals surface area (Å²) in [7, 11) is 0. The molecule has 0 spiro atoms. The lowest BCUT2D eigenvalue weighted by molar-refractivity contribution is -0.00907. The topological polar surface area (TPSA) is 82.7 Å². The van der Waals surface area contributed by atoms with Crippen molar-refractivity contribution in [3.63, 3.8) is 0 Å². The normalized spacial score (nSPS) is 26.6. The number of carbonyl (C=O) groups is 1. The average Bonchev–Trinajstić information content (AvgIpc) is 2.89. The van der Waals surface area contributed by atoms with Crippen molar-refractivity contribution >= 4 is 5.97 Å². The second kappa shape index (κ2) is 6.41. The van der Waals surface area contributed by atoms with E-state index in [-0.39, 0.29) is 5.56 Å². The number of aliphatic hydroxyl groups is 1. The van der Waals surface area contributed by atoms with Crippen molar-refractivity contribution < 1.29 is 19.4 Å². The third kappa shape index (κ3) is 3.84. The van der Waals surface area contributed by atoms with Gasteiger partial charge in [0.15, 0.2) is 0 Å². The quantitative estimate of drug-likeness (QED) is 0.746. The van der Waals surface area contributed by atoms with Crippen LogP contribution in [0, 0.1) is 5.92 Å². The molecule has 1 aliphatic carbocycles. The lowest BCUT2D eigenvalue weighted by atomic mass is 9.78. The number of rotatable bonds is 6. The van der Waals surface area contributed by atoms with Gasteiger partial charge in [-0.1, -0.05) is 13.3 Å². The Kier molecular flexibility index (Phi) is 4.83. The first-order valence-corrected chi connectivity index (χ1v) is 7.26. The Morgan fingerprint density at radius 2 is 2.20 bits per heavy atom. The van der Waals surface area contributed by atoms with Gasteiger partial charge in [0.1, 0.15) is 12.0 Å². The number of aromatic carboxylic acids is 1. The first kappa shape index (κ1) is 15.1. The average molecular weight is 281 g/mol. The summed E-state index contributed by atoms with van der Waals surface area (Å²) >= 11 is 0. The first-order valence-electron chi connectivity index (χ1n) is 7.26. The molecule has 0 aliphatic heterocycles. The molecular formula is C15H23NO4. The van der Waals surface area contributed by atoms with Crippen molar-refractivity contribution in [2.24, 2.45) is 5.92 Å². The summed E-state index contributed by atoms with van der Waals surface area (Å²) in [6.07, 6.45) is 6.25. The van der Waals surface area contributed by atoms with E-state index >= 15 is 0 Å². The van der Waals surface area contributed by atoms with Gasteiger partial charge in [0.05, 0.1) is 17.7 Å². The fourth-order valence-electron chi connectivity index (χ4n) is 2.80. The van der Waals surface area contributed by atoms with E-state index in [1.807, 2.05) is 0 Å². The van der Waals surface area contributed by atoms with Gasteiger partial charge in [-0.25, -0.2) is 4.79 Å². The van der Waals surface area contributed by atoms with Crippen LogP contribution in [0.2, 0.25) is 0 Å². The maximum Gasteiger partial charge on any atom is 0.338 e. The van der Waals surface area contributed by atoms with Crippen LogP contribution >= 0.6 is 0 Å². The van der Waals surface area contributed by atoms with Gasteiger partial charge in [-0.05, 0) is 37.7 Å². The zero-order valence-electron chi connectivity index (χ0n) is 11.9. The highest BCUT2D eigenvalue weighted by Crippen LogP contribution is 2.33. The Bertz CT molecular complexity index is 446. The maximum atomic E-state index is 10.7. The predicted octanol–water partition coefficient (Wildman–Crippen LogP) is 2.40. The smallest absolute Gasteiger partial charge is 0.338 e. The van der Waals surface area contributed by atoms with Gasteiger partial charge in [-0.2, -0.15) is 0 Å². The van der Waals surface area contributed by atoms with Gasteiger partial charge in [-0.3, -0.25) is 0 Å². The third-order valence-electron chi connectivity index (χ3n) is 4.27. The minimum Gasteiger partial charge on any atom is -0.478 e. The highest BCUT2D eigenvalue weighted by atomic mass is 16.4. The molecule has 1 saturated carbocycles. The zero-order valence-corrected chi connectivity index (χ0v) is 11.9. The number of carboxylic acids is 1. The summed E-state index contributed by atoms with van der Waals surface area (Å²) in [5, 5.41) is 22.4. The summed E-state index contributed by atoms with van der Waals surface area (Å²) in [4.78, 5) is 10.7. The molecule has 0 bridgehead atoms. The molecule has 1 aromatic rings. The van der Waals surface area contributed by atoms with Gasteiger partial charge >= 0.3 is 5.97 Å². The van der Waals surface area contributed by atoms with Crippen LogP contribution in [-0.2, 0) is 6.54 Å². The molecule has 1 fully saturated rings. The largest absolute Gasteiger partial charge is 0.478 e. The number of furan rings is 1. The number of nitrogens with one attached hydrogen (secondary N) is 1. The Labute approximate surface area is 119 Å². The van der Waals surface area contributed by atoms with Crippen molar-refractivity contribution in [1.82, 2.24) is 5.32 Å². The summed E-state index contributed by atoms with van der Waals surface area (Å²) in [6, 6.07) is 1.51. The molecule has 1 aliphatic rings. The molecule has 0 aromatic carbocycles. The van der Waals surface area contributed by atoms with Gasteiger partial charge in [0, 0.05) is 6.54 Å². The van der Waals surface area contributed by atoms with E-state index in [1.54, 1.807) is 0 Å². The standard InChI is InChI=1S/C15H23NO4/c1-2-11-3-5-15(19,6-4-11)10-16-8-13-7-12(9-20-13)14(17)18/h7,9,11,16,19H,2-6,8,10H2,1H3,(H,17,18). The van der Waals surface area contributed by atoms with Crippen LogP contribution in [-0.4, -0.2) is 28.3 Å². The van der Waals surface area contributed by atoms with Crippen LogP contribution in [0.1, 0.15) is 55.1 Å². The Hall–Kier alpha value is -1.33. The molecule has 20 heavy (non-hydrogen) atoms. The van der Waals surface area contributed by atoms with E-state index in [0.29, 0.717) is 18.8 Å². The number of hydrogen-bond acceptors (Lipinski definition) is 4. The second-order valence-electron chi connectivity index (χ2n) is 5.79. The lowest BCUT2D eigenvalue weighted by Crippen LogP contribution is -2.43. The monoisotopic (exact) mass is 281 g/mol. The van der Waals surface area contributed by atoms with Gasteiger partial charge in [0.2, 0.25) is 0 Å². The molecule has 1 heterocycles. The summed E-state index contributed by atoms with van der Waals surface area (Å²) in [5.74, 6) is 0.336. The van der Waals surface area contributed by atoms with Crippen molar-refractivity contribution in [2.75, 3.05) is 6.54 Å².